The van der Waals surface area contributed by atoms with Crippen LogP contribution in [0.5, 0.6) is 0 Å². The van der Waals surface area contributed by atoms with Crippen LogP contribution in [0.15, 0.2) is 30.3 Å². The van der Waals surface area contributed by atoms with E-state index in [1.54, 1.807) is 4.90 Å². The maximum absolute atomic E-state index is 12.0. The topological polar surface area (TPSA) is 59.0 Å². The second kappa shape index (κ2) is 7.87. The van der Waals surface area contributed by atoms with Crippen molar-refractivity contribution in [1.82, 2.24) is 4.90 Å². The number of ether oxygens (including phenoxy) is 2. The average molecular weight is 279 g/mol. The molecule has 1 N–H and O–H groups in total. The van der Waals surface area contributed by atoms with Crippen LogP contribution in [0.4, 0.5) is 4.79 Å². The van der Waals surface area contributed by atoms with Gasteiger partial charge in [-0.15, -0.1) is 0 Å². The number of carbonyl (C=O) groups excluding carboxylic acids is 1. The Morgan fingerprint density at radius 2 is 2.15 bits per heavy atom. The van der Waals surface area contributed by atoms with Gasteiger partial charge in [0.1, 0.15) is 6.61 Å². The lowest BCUT2D eigenvalue weighted by Crippen LogP contribution is -2.43. The average Bonchev–Trinajstić information content (AvgIpc) is 2.52. The van der Waals surface area contributed by atoms with Crippen LogP contribution in [-0.4, -0.2) is 48.5 Å². The summed E-state index contributed by atoms with van der Waals surface area (Å²) in [5.41, 5.74) is 0.978. The lowest BCUT2D eigenvalue weighted by molar-refractivity contribution is -0.0154. The fraction of sp³-hybridized carbons (Fsp3) is 0.533. The van der Waals surface area contributed by atoms with E-state index in [4.69, 9.17) is 14.6 Å². The van der Waals surface area contributed by atoms with Crippen LogP contribution in [0.25, 0.3) is 0 Å². The van der Waals surface area contributed by atoms with Gasteiger partial charge in [0, 0.05) is 6.54 Å². The molecule has 0 bridgehead atoms. The summed E-state index contributed by atoms with van der Waals surface area (Å²) in [5.74, 6) is 0. The number of carbonyl (C=O) groups is 1. The molecule has 0 aliphatic carbocycles. The number of rotatable bonds is 5. The van der Waals surface area contributed by atoms with Crippen molar-refractivity contribution in [2.24, 2.45) is 0 Å². The Hall–Kier alpha value is -1.59. The van der Waals surface area contributed by atoms with Gasteiger partial charge in [-0.2, -0.15) is 0 Å². The molecule has 1 heterocycles. The summed E-state index contributed by atoms with van der Waals surface area (Å²) in [5, 5.41) is 8.75. The van der Waals surface area contributed by atoms with Crippen LogP contribution in [0, 0.1) is 0 Å². The van der Waals surface area contributed by atoms with Gasteiger partial charge in [0.25, 0.3) is 0 Å². The summed E-state index contributed by atoms with van der Waals surface area (Å²) in [6, 6.07) is 9.62. The number of nitrogens with zero attached hydrogens (tertiary/aromatic N) is 1. The minimum Gasteiger partial charge on any atom is -0.445 e. The van der Waals surface area contributed by atoms with Crippen molar-refractivity contribution in [2.45, 2.75) is 25.6 Å². The Morgan fingerprint density at radius 3 is 2.90 bits per heavy atom. The SMILES string of the molecule is O=C(OCc1ccccc1)N1CCCC(OCCO)C1. The molecule has 5 nitrogen and oxygen atoms in total. The van der Waals surface area contributed by atoms with Crippen molar-refractivity contribution in [3.63, 3.8) is 0 Å². The van der Waals surface area contributed by atoms with Crippen LogP contribution >= 0.6 is 0 Å². The molecule has 1 unspecified atom stereocenters. The van der Waals surface area contributed by atoms with Gasteiger partial charge in [0.05, 0.1) is 25.9 Å². The Labute approximate surface area is 119 Å². The Morgan fingerprint density at radius 1 is 1.35 bits per heavy atom. The molecular formula is C15H21NO4. The lowest BCUT2D eigenvalue weighted by Gasteiger charge is -2.31. The van der Waals surface area contributed by atoms with E-state index in [2.05, 4.69) is 0 Å². The van der Waals surface area contributed by atoms with E-state index in [-0.39, 0.29) is 18.8 Å². The monoisotopic (exact) mass is 279 g/mol. The molecule has 0 spiro atoms. The van der Waals surface area contributed by atoms with E-state index in [0.29, 0.717) is 26.3 Å². The molecule has 20 heavy (non-hydrogen) atoms. The summed E-state index contributed by atoms with van der Waals surface area (Å²) in [6.07, 6.45) is 1.52. The van der Waals surface area contributed by atoms with Gasteiger partial charge in [-0.3, -0.25) is 0 Å². The van der Waals surface area contributed by atoms with Gasteiger partial charge >= 0.3 is 6.09 Å². The van der Waals surface area contributed by atoms with E-state index < -0.39 is 0 Å². The van der Waals surface area contributed by atoms with E-state index >= 15 is 0 Å². The normalized spacial score (nSPS) is 18.9. The first-order chi connectivity index (χ1) is 9.79. The standard InChI is InChI=1S/C15H21NO4/c17-9-10-19-14-7-4-8-16(11-14)15(18)20-12-13-5-2-1-3-6-13/h1-3,5-6,14,17H,4,7-12H2. The highest BCUT2D eigenvalue weighted by atomic mass is 16.6. The second-order valence-corrected chi connectivity index (χ2v) is 4.84. The number of likely N-dealkylation sites (tertiary alicyclic amines) is 1. The Bertz CT molecular complexity index is 410. The molecule has 1 aromatic carbocycles. The number of aliphatic hydroxyl groups excluding tert-OH is 1. The smallest absolute Gasteiger partial charge is 0.410 e. The minimum atomic E-state index is -0.300. The molecule has 1 aromatic rings. The molecule has 1 aliphatic rings. The van der Waals surface area contributed by atoms with Crippen molar-refractivity contribution in [3.8, 4) is 0 Å². The molecule has 1 atom stereocenters. The summed E-state index contributed by atoms with van der Waals surface area (Å²) in [4.78, 5) is 13.7. The molecular weight excluding hydrogens is 258 g/mol. The van der Waals surface area contributed by atoms with Gasteiger partial charge in [-0.25, -0.2) is 4.79 Å². The minimum absolute atomic E-state index is 0.000162. The second-order valence-electron chi connectivity index (χ2n) is 4.84. The van der Waals surface area contributed by atoms with Crippen molar-refractivity contribution in [2.75, 3.05) is 26.3 Å². The van der Waals surface area contributed by atoms with Gasteiger partial charge in [0.2, 0.25) is 0 Å². The lowest BCUT2D eigenvalue weighted by atomic mass is 10.1. The predicted octanol–water partition coefficient (Wildman–Crippen LogP) is 1.80. The Kier molecular flexibility index (Phi) is 5.83. The molecule has 1 fully saturated rings. The fourth-order valence-electron chi connectivity index (χ4n) is 2.27. The number of benzene rings is 1. The van der Waals surface area contributed by atoms with Crippen LogP contribution in [0.3, 0.4) is 0 Å². The molecule has 1 amide bonds. The first-order valence-electron chi connectivity index (χ1n) is 6.97. The molecule has 5 heteroatoms. The number of piperidine rings is 1. The molecule has 1 saturated heterocycles. The maximum Gasteiger partial charge on any atom is 0.410 e. The zero-order valence-corrected chi connectivity index (χ0v) is 11.5. The zero-order valence-electron chi connectivity index (χ0n) is 11.5. The molecule has 2 rings (SSSR count). The van der Waals surface area contributed by atoms with Crippen molar-refractivity contribution in [1.29, 1.82) is 0 Å². The van der Waals surface area contributed by atoms with Gasteiger partial charge < -0.3 is 19.5 Å². The van der Waals surface area contributed by atoms with E-state index in [0.717, 1.165) is 18.4 Å². The van der Waals surface area contributed by atoms with Crippen molar-refractivity contribution in [3.05, 3.63) is 35.9 Å². The van der Waals surface area contributed by atoms with Gasteiger partial charge in [-0.1, -0.05) is 30.3 Å². The predicted molar refractivity (Wildman–Crippen MR) is 74.3 cm³/mol. The van der Waals surface area contributed by atoms with Gasteiger partial charge in [-0.05, 0) is 18.4 Å². The molecule has 0 aromatic heterocycles. The zero-order chi connectivity index (χ0) is 14.2. The van der Waals surface area contributed by atoms with Crippen LogP contribution in [0.1, 0.15) is 18.4 Å². The third kappa shape index (κ3) is 4.51. The largest absolute Gasteiger partial charge is 0.445 e. The van der Waals surface area contributed by atoms with Gasteiger partial charge in [0.15, 0.2) is 0 Å². The first-order valence-corrected chi connectivity index (χ1v) is 6.97. The number of hydrogen-bond acceptors (Lipinski definition) is 4. The highest BCUT2D eigenvalue weighted by Crippen LogP contribution is 2.14. The van der Waals surface area contributed by atoms with E-state index in [9.17, 15) is 4.79 Å². The molecule has 110 valence electrons. The van der Waals surface area contributed by atoms with Crippen LogP contribution < -0.4 is 0 Å². The summed E-state index contributed by atoms with van der Waals surface area (Å²) < 4.78 is 10.8. The highest BCUT2D eigenvalue weighted by molar-refractivity contribution is 5.67. The Balaban J connectivity index is 1.77. The number of hydrogen-bond donors (Lipinski definition) is 1. The third-order valence-electron chi connectivity index (χ3n) is 3.29. The number of amides is 1. The molecule has 0 radical (unpaired) electrons. The van der Waals surface area contributed by atoms with Crippen molar-refractivity contribution < 1.29 is 19.4 Å². The highest BCUT2D eigenvalue weighted by Gasteiger charge is 2.24. The van der Waals surface area contributed by atoms with E-state index in [1.165, 1.54) is 0 Å². The number of aliphatic hydroxyl groups is 1. The summed E-state index contributed by atoms with van der Waals surface area (Å²) in [6.45, 7) is 1.85. The summed E-state index contributed by atoms with van der Waals surface area (Å²) in [7, 11) is 0. The van der Waals surface area contributed by atoms with Crippen LogP contribution in [-0.2, 0) is 16.1 Å². The van der Waals surface area contributed by atoms with Crippen molar-refractivity contribution >= 4 is 6.09 Å². The first kappa shape index (κ1) is 14.8. The van der Waals surface area contributed by atoms with Crippen LogP contribution in [0.2, 0.25) is 0 Å². The summed E-state index contributed by atoms with van der Waals surface area (Å²) >= 11 is 0. The molecule has 0 saturated carbocycles. The fourth-order valence-corrected chi connectivity index (χ4v) is 2.27. The quantitative estimate of drug-likeness (QED) is 0.893. The van der Waals surface area contributed by atoms with E-state index in [1.807, 2.05) is 30.3 Å². The molecule has 1 aliphatic heterocycles. The maximum atomic E-state index is 12.0. The third-order valence-corrected chi connectivity index (χ3v) is 3.29.